The second-order valence-corrected chi connectivity index (χ2v) is 4.35. The van der Waals surface area contributed by atoms with Crippen molar-refractivity contribution in [2.45, 2.75) is 19.8 Å². The van der Waals surface area contributed by atoms with E-state index in [0.29, 0.717) is 23.1 Å². The number of carboxylic acid groups (broad SMARTS) is 1. The molecule has 1 heterocycles. The molecule has 1 amide bonds. The van der Waals surface area contributed by atoms with Crippen LogP contribution in [-0.4, -0.2) is 26.5 Å². The molecule has 100 valence electrons. The molecule has 2 rings (SSSR count). The number of anilines is 1. The number of fused-ring (bicyclic) bond motifs is 1. The summed E-state index contributed by atoms with van der Waals surface area (Å²) in [5.41, 5.74) is 1.68. The van der Waals surface area contributed by atoms with Crippen LogP contribution in [0.2, 0.25) is 0 Å². The lowest BCUT2D eigenvalue weighted by molar-refractivity contribution is -0.116. The van der Waals surface area contributed by atoms with Gasteiger partial charge in [-0.15, -0.1) is 0 Å². The lowest BCUT2D eigenvalue weighted by Gasteiger charge is -2.07. The highest BCUT2D eigenvalue weighted by Crippen LogP contribution is 2.23. The number of amides is 1. The van der Waals surface area contributed by atoms with Gasteiger partial charge < -0.3 is 15.0 Å². The maximum Gasteiger partial charge on any atom is 0.337 e. The molecule has 6 heteroatoms. The van der Waals surface area contributed by atoms with Crippen molar-refractivity contribution in [1.82, 2.24) is 9.55 Å². The zero-order valence-corrected chi connectivity index (χ0v) is 10.8. The van der Waals surface area contributed by atoms with Gasteiger partial charge in [0.2, 0.25) is 5.91 Å². The van der Waals surface area contributed by atoms with Gasteiger partial charge in [-0.2, -0.15) is 0 Å². The summed E-state index contributed by atoms with van der Waals surface area (Å²) < 4.78 is 1.65. The third-order valence-corrected chi connectivity index (χ3v) is 2.80. The highest BCUT2D eigenvalue weighted by Gasteiger charge is 2.15. The second-order valence-electron chi connectivity index (χ2n) is 4.35. The van der Waals surface area contributed by atoms with Gasteiger partial charge in [-0.1, -0.05) is 6.92 Å². The van der Waals surface area contributed by atoms with E-state index in [1.54, 1.807) is 24.0 Å². The first kappa shape index (κ1) is 13.1. The van der Waals surface area contributed by atoms with Crippen LogP contribution in [0.4, 0.5) is 5.69 Å². The van der Waals surface area contributed by atoms with Gasteiger partial charge in [0.05, 0.1) is 22.9 Å². The molecule has 0 bridgehead atoms. The minimum absolute atomic E-state index is 0.129. The number of carbonyl (C=O) groups is 2. The number of hydrogen-bond donors (Lipinski definition) is 2. The normalized spacial score (nSPS) is 10.6. The fraction of sp³-hybridized carbons (Fsp3) is 0.308. The lowest BCUT2D eigenvalue weighted by atomic mass is 10.1. The molecule has 0 spiro atoms. The maximum atomic E-state index is 11.6. The van der Waals surface area contributed by atoms with E-state index in [9.17, 15) is 14.7 Å². The van der Waals surface area contributed by atoms with Crippen LogP contribution in [0.3, 0.4) is 0 Å². The fourth-order valence-corrected chi connectivity index (χ4v) is 1.98. The Morgan fingerprint density at radius 1 is 1.42 bits per heavy atom. The lowest BCUT2D eigenvalue weighted by Crippen LogP contribution is -2.11. The fourth-order valence-electron chi connectivity index (χ4n) is 1.98. The number of imidazole rings is 1. The predicted molar refractivity (Wildman–Crippen MR) is 71.2 cm³/mol. The van der Waals surface area contributed by atoms with Crippen LogP contribution in [0.15, 0.2) is 18.5 Å². The molecule has 0 aliphatic rings. The van der Waals surface area contributed by atoms with E-state index < -0.39 is 5.97 Å². The Balaban J connectivity index is 2.47. The number of carboxylic acids is 1. The van der Waals surface area contributed by atoms with Gasteiger partial charge in [0.15, 0.2) is 0 Å². The molecule has 2 N–H and O–H groups in total. The molecule has 1 aromatic heterocycles. The van der Waals surface area contributed by atoms with Gasteiger partial charge in [0, 0.05) is 19.2 Å². The molecule has 0 fully saturated rings. The summed E-state index contributed by atoms with van der Waals surface area (Å²) in [6.07, 6.45) is 2.70. The summed E-state index contributed by atoms with van der Waals surface area (Å²) in [4.78, 5) is 26.9. The largest absolute Gasteiger partial charge is 0.478 e. The van der Waals surface area contributed by atoms with Crippen LogP contribution >= 0.6 is 0 Å². The first-order valence-electron chi connectivity index (χ1n) is 6.01. The molecule has 2 aromatic rings. The van der Waals surface area contributed by atoms with Crippen molar-refractivity contribution >= 4 is 28.6 Å². The number of carbonyl (C=O) groups excluding carboxylic acids is 1. The number of hydrogen-bond acceptors (Lipinski definition) is 3. The predicted octanol–water partition coefficient (Wildman–Crippen LogP) is 2.01. The topological polar surface area (TPSA) is 84.2 Å². The van der Waals surface area contributed by atoms with Crippen LogP contribution in [-0.2, 0) is 11.8 Å². The SMILES string of the molecule is CCCC(=O)Nc1cc(C(=O)O)c2c(c1)ncn2C. The number of nitrogens with zero attached hydrogens (tertiary/aromatic N) is 2. The second kappa shape index (κ2) is 5.09. The van der Waals surface area contributed by atoms with Crippen molar-refractivity contribution in [3.8, 4) is 0 Å². The molecular weight excluding hydrogens is 246 g/mol. The third kappa shape index (κ3) is 2.57. The van der Waals surface area contributed by atoms with Crippen LogP contribution < -0.4 is 5.32 Å². The molecule has 0 aliphatic heterocycles. The smallest absolute Gasteiger partial charge is 0.337 e. The molecule has 0 aliphatic carbocycles. The average molecular weight is 261 g/mol. The number of rotatable bonds is 4. The minimum Gasteiger partial charge on any atom is -0.478 e. The van der Waals surface area contributed by atoms with E-state index in [4.69, 9.17) is 0 Å². The average Bonchev–Trinajstić information content (AvgIpc) is 2.70. The number of benzene rings is 1. The Morgan fingerprint density at radius 2 is 2.16 bits per heavy atom. The van der Waals surface area contributed by atoms with Crippen molar-refractivity contribution in [2.24, 2.45) is 7.05 Å². The van der Waals surface area contributed by atoms with Gasteiger partial charge in [0.25, 0.3) is 0 Å². The Labute approximate surface area is 110 Å². The third-order valence-electron chi connectivity index (χ3n) is 2.80. The number of aryl methyl sites for hydroxylation is 1. The van der Waals surface area contributed by atoms with Crippen LogP contribution in [0.5, 0.6) is 0 Å². The molecule has 1 aromatic carbocycles. The summed E-state index contributed by atoms with van der Waals surface area (Å²) in [6.45, 7) is 1.91. The molecular formula is C13H15N3O3. The molecule has 0 radical (unpaired) electrons. The van der Waals surface area contributed by atoms with E-state index in [1.807, 2.05) is 6.92 Å². The molecule has 0 saturated carbocycles. The quantitative estimate of drug-likeness (QED) is 0.881. The van der Waals surface area contributed by atoms with Gasteiger partial charge in [-0.25, -0.2) is 9.78 Å². The van der Waals surface area contributed by atoms with Crippen LogP contribution in [0.1, 0.15) is 30.1 Å². The van der Waals surface area contributed by atoms with Crippen molar-refractivity contribution in [3.63, 3.8) is 0 Å². The van der Waals surface area contributed by atoms with Crippen molar-refractivity contribution in [3.05, 3.63) is 24.0 Å². The van der Waals surface area contributed by atoms with Gasteiger partial charge in [-0.3, -0.25) is 4.79 Å². The first-order chi connectivity index (χ1) is 9.02. The van der Waals surface area contributed by atoms with Crippen molar-refractivity contribution in [1.29, 1.82) is 0 Å². The van der Waals surface area contributed by atoms with E-state index in [-0.39, 0.29) is 11.5 Å². The monoisotopic (exact) mass is 261 g/mol. The Bertz CT molecular complexity index is 646. The number of aromatic carboxylic acids is 1. The Morgan fingerprint density at radius 3 is 2.79 bits per heavy atom. The molecule has 6 nitrogen and oxygen atoms in total. The Hall–Kier alpha value is -2.37. The van der Waals surface area contributed by atoms with Gasteiger partial charge in [-0.05, 0) is 18.6 Å². The summed E-state index contributed by atoms with van der Waals surface area (Å²) >= 11 is 0. The van der Waals surface area contributed by atoms with E-state index in [1.165, 1.54) is 6.07 Å². The maximum absolute atomic E-state index is 11.6. The summed E-state index contributed by atoms with van der Waals surface area (Å²) in [5.74, 6) is -1.17. The zero-order valence-electron chi connectivity index (χ0n) is 10.8. The summed E-state index contributed by atoms with van der Waals surface area (Å²) in [5, 5.41) is 11.9. The van der Waals surface area contributed by atoms with Crippen molar-refractivity contribution in [2.75, 3.05) is 5.32 Å². The zero-order chi connectivity index (χ0) is 14.0. The van der Waals surface area contributed by atoms with E-state index in [2.05, 4.69) is 10.3 Å². The van der Waals surface area contributed by atoms with Gasteiger partial charge >= 0.3 is 5.97 Å². The van der Waals surface area contributed by atoms with E-state index in [0.717, 1.165) is 6.42 Å². The Kier molecular flexibility index (Phi) is 3.50. The first-order valence-corrected chi connectivity index (χ1v) is 6.01. The summed E-state index contributed by atoms with van der Waals surface area (Å²) in [7, 11) is 1.73. The van der Waals surface area contributed by atoms with Crippen molar-refractivity contribution < 1.29 is 14.7 Å². The van der Waals surface area contributed by atoms with E-state index >= 15 is 0 Å². The highest BCUT2D eigenvalue weighted by atomic mass is 16.4. The van der Waals surface area contributed by atoms with Gasteiger partial charge in [0.1, 0.15) is 0 Å². The van der Waals surface area contributed by atoms with Crippen LogP contribution in [0.25, 0.3) is 11.0 Å². The minimum atomic E-state index is -1.04. The number of aromatic nitrogens is 2. The molecule has 0 atom stereocenters. The molecule has 0 unspecified atom stereocenters. The standard InChI is InChI=1S/C13H15N3O3/c1-3-4-11(17)15-8-5-9(13(18)19)12-10(6-8)14-7-16(12)2/h5-7H,3-4H2,1-2H3,(H,15,17)(H,18,19). The van der Waals surface area contributed by atoms with Crippen LogP contribution in [0, 0.1) is 0 Å². The number of nitrogens with one attached hydrogen (secondary N) is 1. The molecule has 19 heavy (non-hydrogen) atoms. The summed E-state index contributed by atoms with van der Waals surface area (Å²) in [6, 6.07) is 3.13. The highest BCUT2D eigenvalue weighted by molar-refractivity contribution is 6.04. The molecule has 0 saturated heterocycles.